The second-order valence-corrected chi connectivity index (χ2v) is 6.02. The standard InChI is InChI=1S/C17H26O2/c1-2-3-4-5-14-10-12-17(19,13-11-14)15-6-8-16(18)9-7-15/h6-9,14,18-19H,2-5,10-13H2,1H3. The molecular weight excluding hydrogens is 236 g/mol. The highest BCUT2D eigenvalue weighted by molar-refractivity contribution is 5.30. The number of unbranched alkanes of at least 4 members (excludes halogenated alkanes) is 2. The second kappa shape index (κ2) is 6.42. The molecule has 0 amide bonds. The Morgan fingerprint density at radius 3 is 2.32 bits per heavy atom. The third kappa shape index (κ3) is 3.73. The third-order valence-corrected chi connectivity index (χ3v) is 4.55. The maximum absolute atomic E-state index is 10.7. The van der Waals surface area contributed by atoms with Gasteiger partial charge >= 0.3 is 0 Å². The molecule has 19 heavy (non-hydrogen) atoms. The maximum Gasteiger partial charge on any atom is 0.115 e. The van der Waals surface area contributed by atoms with Crippen LogP contribution in [0.25, 0.3) is 0 Å². The van der Waals surface area contributed by atoms with Gasteiger partial charge in [-0.25, -0.2) is 0 Å². The third-order valence-electron chi connectivity index (χ3n) is 4.55. The van der Waals surface area contributed by atoms with E-state index in [1.54, 1.807) is 12.1 Å². The van der Waals surface area contributed by atoms with Gasteiger partial charge in [-0.15, -0.1) is 0 Å². The molecule has 0 unspecified atom stereocenters. The summed E-state index contributed by atoms with van der Waals surface area (Å²) < 4.78 is 0. The smallest absolute Gasteiger partial charge is 0.115 e. The zero-order chi connectivity index (χ0) is 13.7. The first-order valence-corrected chi connectivity index (χ1v) is 7.66. The topological polar surface area (TPSA) is 40.5 Å². The molecule has 1 aliphatic rings. The number of hydrogen-bond acceptors (Lipinski definition) is 2. The number of aromatic hydroxyl groups is 1. The molecule has 0 aliphatic heterocycles. The van der Waals surface area contributed by atoms with Crippen molar-refractivity contribution in [2.45, 2.75) is 63.9 Å². The van der Waals surface area contributed by atoms with Gasteiger partial charge in [0.05, 0.1) is 5.60 Å². The number of aliphatic hydroxyl groups is 1. The summed E-state index contributed by atoms with van der Waals surface area (Å²) in [6.45, 7) is 2.24. The van der Waals surface area contributed by atoms with E-state index < -0.39 is 5.60 Å². The Morgan fingerprint density at radius 1 is 1.11 bits per heavy atom. The summed E-state index contributed by atoms with van der Waals surface area (Å²) in [5.74, 6) is 1.06. The number of benzene rings is 1. The molecule has 1 aromatic carbocycles. The van der Waals surface area contributed by atoms with Crippen LogP contribution < -0.4 is 0 Å². The van der Waals surface area contributed by atoms with E-state index in [1.807, 2.05) is 12.1 Å². The molecule has 0 spiro atoms. The van der Waals surface area contributed by atoms with E-state index >= 15 is 0 Å². The molecule has 1 aromatic rings. The minimum Gasteiger partial charge on any atom is -0.508 e. The van der Waals surface area contributed by atoms with Crippen LogP contribution in [0.1, 0.15) is 63.9 Å². The van der Waals surface area contributed by atoms with Crippen molar-refractivity contribution in [3.63, 3.8) is 0 Å². The van der Waals surface area contributed by atoms with Crippen LogP contribution in [0.5, 0.6) is 5.75 Å². The number of rotatable bonds is 5. The summed E-state index contributed by atoms with van der Waals surface area (Å²) in [7, 11) is 0. The van der Waals surface area contributed by atoms with E-state index in [2.05, 4.69) is 6.92 Å². The SMILES string of the molecule is CCCCCC1CCC(O)(c2ccc(O)cc2)CC1. The summed E-state index contributed by atoms with van der Waals surface area (Å²) in [6, 6.07) is 7.04. The van der Waals surface area contributed by atoms with E-state index in [4.69, 9.17) is 0 Å². The fourth-order valence-corrected chi connectivity index (χ4v) is 3.19. The Morgan fingerprint density at radius 2 is 1.74 bits per heavy atom. The fraction of sp³-hybridized carbons (Fsp3) is 0.647. The Labute approximate surface area is 116 Å². The summed E-state index contributed by atoms with van der Waals surface area (Å²) >= 11 is 0. The first kappa shape index (κ1) is 14.4. The van der Waals surface area contributed by atoms with Crippen molar-refractivity contribution in [3.05, 3.63) is 29.8 Å². The van der Waals surface area contributed by atoms with Crippen LogP contribution in [0, 0.1) is 5.92 Å². The molecular formula is C17H26O2. The van der Waals surface area contributed by atoms with E-state index in [1.165, 1.54) is 25.7 Å². The molecule has 0 aromatic heterocycles. The molecule has 1 saturated carbocycles. The first-order chi connectivity index (χ1) is 9.14. The molecule has 2 rings (SSSR count). The van der Waals surface area contributed by atoms with Gasteiger partial charge in [0, 0.05) is 0 Å². The second-order valence-electron chi connectivity index (χ2n) is 6.02. The Balaban J connectivity index is 1.89. The van der Waals surface area contributed by atoms with Gasteiger partial charge in [-0.3, -0.25) is 0 Å². The molecule has 0 bridgehead atoms. The lowest BCUT2D eigenvalue weighted by molar-refractivity contribution is -0.0154. The van der Waals surface area contributed by atoms with Crippen LogP contribution in [0.3, 0.4) is 0 Å². The van der Waals surface area contributed by atoms with Crippen LogP contribution in [0.2, 0.25) is 0 Å². The van der Waals surface area contributed by atoms with Gasteiger partial charge in [-0.1, -0.05) is 44.7 Å². The highest BCUT2D eigenvalue weighted by Crippen LogP contribution is 2.41. The molecule has 0 heterocycles. The highest BCUT2D eigenvalue weighted by Gasteiger charge is 2.34. The van der Waals surface area contributed by atoms with Crippen molar-refractivity contribution in [1.82, 2.24) is 0 Å². The lowest BCUT2D eigenvalue weighted by Gasteiger charge is -2.36. The summed E-state index contributed by atoms with van der Waals surface area (Å²) in [6.07, 6.45) is 9.23. The van der Waals surface area contributed by atoms with Crippen molar-refractivity contribution in [1.29, 1.82) is 0 Å². The predicted octanol–water partition coefficient (Wildman–Crippen LogP) is 4.35. The quantitative estimate of drug-likeness (QED) is 0.774. The molecule has 1 fully saturated rings. The van der Waals surface area contributed by atoms with E-state index in [0.717, 1.165) is 37.2 Å². The lowest BCUT2D eigenvalue weighted by atomic mass is 9.74. The van der Waals surface area contributed by atoms with Crippen molar-refractivity contribution >= 4 is 0 Å². The first-order valence-electron chi connectivity index (χ1n) is 7.66. The Hall–Kier alpha value is -1.02. The number of phenolic OH excluding ortho intramolecular Hbond substituents is 1. The highest BCUT2D eigenvalue weighted by atomic mass is 16.3. The van der Waals surface area contributed by atoms with Crippen LogP contribution in [0.4, 0.5) is 0 Å². The predicted molar refractivity (Wildman–Crippen MR) is 78.1 cm³/mol. The molecule has 0 atom stereocenters. The Kier molecular flexibility index (Phi) is 4.87. The fourth-order valence-electron chi connectivity index (χ4n) is 3.19. The van der Waals surface area contributed by atoms with Gasteiger partial charge in [0.25, 0.3) is 0 Å². The van der Waals surface area contributed by atoms with Gasteiger partial charge in [-0.2, -0.15) is 0 Å². The summed E-state index contributed by atoms with van der Waals surface area (Å²) in [4.78, 5) is 0. The van der Waals surface area contributed by atoms with E-state index in [9.17, 15) is 10.2 Å². The maximum atomic E-state index is 10.7. The average molecular weight is 262 g/mol. The zero-order valence-corrected chi connectivity index (χ0v) is 11.9. The van der Waals surface area contributed by atoms with Crippen molar-refractivity contribution < 1.29 is 10.2 Å². The van der Waals surface area contributed by atoms with Crippen molar-refractivity contribution in [2.24, 2.45) is 5.92 Å². The van der Waals surface area contributed by atoms with Crippen LogP contribution in [0.15, 0.2) is 24.3 Å². The molecule has 1 aliphatic carbocycles. The minimum atomic E-state index is -0.672. The number of phenols is 1. The largest absolute Gasteiger partial charge is 0.508 e. The van der Waals surface area contributed by atoms with Gasteiger partial charge in [-0.05, 0) is 49.3 Å². The van der Waals surface area contributed by atoms with Gasteiger partial charge in [0.15, 0.2) is 0 Å². The van der Waals surface area contributed by atoms with Crippen LogP contribution in [-0.2, 0) is 5.60 Å². The molecule has 0 radical (unpaired) electrons. The van der Waals surface area contributed by atoms with Crippen LogP contribution >= 0.6 is 0 Å². The van der Waals surface area contributed by atoms with Gasteiger partial charge in [0.2, 0.25) is 0 Å². The molecule has 2 nitrogen and oxygen atoms in total. The molecule has 2 N–H and O–H groups in total. The number of hydrogen-bond donors (Lipinski definition) is 2. The van der Waals surface area contributed by atoms with Gasteiger partial charge < -0.3 is 10.2 Å². The summed E-state index contributed by atoms with van der Waals surface area (Å²) in [5, 5.41) is 20.1. The van der Waals surface area contributed by atoms with E-state index in [-0.39, 0.29) is 5.75 Å². The monoisotopic (exact) mass is 262 g/mol. The zero-order valence-electron chi connectivity index (χ0n) is 11.9. The molecule has 2 heteroatoms. The van der Waals surface area contributed by atoms with Crippen molar-refractivity contribution in [2.75, 3.05) is 0 Å². The summed E-state index contributed by atoms with van der Waals surface area (Å²) in [5.41, 5.74) is 0.284. The van der Waals surface area contributed by atoms with E-state index in [0.29, 0.717) is 0 Å². The van der Waals surface area contributed by atoms with Crippen LogP contribution in [-0.4, -0.2) is 10.2 Å². The minimum absolute atomic E-state index is 0.264. The van der Waals surface area contributed by atoms with Crippen molar-refractivity contribution in [3.8, 4) is 5.75 Å². The Bertz CT molecular complexity index is 375. The molecule has 0 saturated heterocycles. The van der Waals surface area contributed by atoms with Gasteiger partial charge in [0.1, 0.15) is 5.75 Å². The molecule has 106 valence electrons. The average Bonchev–Trinajstić information content (AvgIpc) is 2.42. The normalized spacial score (nSPS) is 27.4. The lowest BCUT2D eigenvalue weighted by Crippen LogP contribution is -2.31.